The Hall–Kier alpha value is -1.92. The van der Waals surface area contributed by atoms with Crippen LogP contribution in [0.15, 0.2) is 30.3 Å². The number of methoxy groups -OCH3 is 1. The molecule has 0 radical (unpaired) electrons. The summed E-state index contributed by atoms with van der Waals surface area (Å²) in [7, 11) is 1.43. The van der Waals surface area contributed by atoms with Gasteiger partial charge in [-0.1, -0.05) is 18.2 Å². The van der Waals surface area contributed by atoms with Gasteiger partial charge in [0.2, 0.25) is 5.91 Å². The van der Waals surface area contributed by atoms with E-state index in [1.54, 1.807) is 30.3 Å². The Kier molecular flexibility index (Phi) is 5.29. The van der Waals surface area contributed by atoms with Crippen molar-refractivity contribution in [1.29, 1.82) is 0 Å². The van der Waals surface area contributed by atoms with E-state index < -0.39 is 24.5 Å². The van der Waals surface area contributed by atoms with E-state index in [9.17, 15) is 9.59 Å². The molecule has 6 nitrogen and oxygen atoms in total. The van der Waals surface area contributed by atoms with Gasteiger partial charge < -0.3 is 15.6 Å². The second-order valence-corrected chi connectivity index (χ2v) is 3.72. The lowest BCUT2D eigenvalue weighted by molar-refractivity contribution is -0.137. The summed E-state index contributed by atoms with van der Waals surface area (Å²) in [5, 5.41) is 8.84. The van der Waals surface area contributed by atoms with Crippen molar-refractivity contribution in [3.05, 3.63) is 30.3 Å². The average molecular weight is 252 g/mol. The molecular formula is C12H16N2O4. The quantitative estimate of drug-likeness (QED) is 0.747. The first-order valence-electron chi connectivity index (χ1n) is 5.39. The summed E-state index contributed by atoms with van der Waals surface area (Å²) in [6, 6.07) is 7.65. The molecule has 0 saturated carbocycles. The number of nitrogens with two attached hydrogens (primary N) is 1. The molecule has 1 unspecified atom stereocenters. The number of anilines is 1. The number of aliphatic carboxylic acids is 1. The molecule has 1 atom stereocenters. The Bertz CT molecular complexity index is 408. The van der Waals surface area contributed by atoms with E-state index in [-0.39, 0.29) is 6.61 Å². The van der Waals surface area contributed by atoms with E-state index in [1.165, 1.54) is 7.11 Å². The molecule has 0 aliphatic rings. The molecule has 0 aromatic heterocycles. The molecule has 6 heteroatoms. The lowest BCUT2D eigenvalue weighted by atomic mass is 10.2. The van der Waals surface area contributed by atoms with Crippen LogP contribution in [0.1, 0.15) is 0 Å². The van der Waals surface area contributed by atoms with Gasteiger partial charge in [-0.25, -0.2) is 0 Å². The second-order valence-electron chi connectivity index (χ2n) is 3.72. The lowest BCUT2D eigenvalue weighted by Gasteiger charge is -2.23. The molecule has 3 N–H and O–H groups in total. The Balaban J connectivity index is 2.91. The van der Waals surface area contributed by atoms with Crippen molar-refractivity contribution in [3.8, 4) is 0 Å². The smallest absolute Gasteiger partial charge is 0.323 e. The Morgan fingerprint density at radius 1 is 1.39 bits per heavy atom. The van der Waals surface area contributed by atoms with Crippen molar-refractivity contribution in [1.82, 2.24) is 0 Å². The SMILES string of the molecule is COCC(N)C(=O)N(CC(=O)O)c1ccccc1. The molecule has 0 aliphatic heterocycles. The van der Waals surface area contributed by atoms with Gasteiger partial charge in [-0.2, -0.15) is 0 Å². The fourth-order valence-electron chi connectivity index (χ4n) is 1.49. The molecule has 0 fully saturated rings. The van der Waals surface area contributed by atoms with E-state index in [0.717, 1.165) is 4.90 Å². The summed E-state index contributed by atoms with van der Waals surface area (Å²) in [5.74, 6) is -1.58. The van der Waals surface area contributed by atoms with Crippen LogP contribution in [-0.2, 0) is 14.3 Å². The van der Waals surface area contributed by atoms with Crippen LogP contribution in [0.3, 0.4) is 0 Å². The van der Waals surface area contributed by atoms with E-state index in [0.29, 0.717) is 5.69 Å². The maximum atomic E-state index is 12.0. The third kappa shape index (κ3) is 3.83. The van der Waals surface area contributed by atoms with Gasteiger partial charge in [-0.15, -0.1) is 0 Å². The number of amides is 1. The Morgan fingerprint density at radius 3 is 2.50 bits per heavy atom. The largest absolute Gasteiger partial charge is 0.480 e. The molecule has 1 amide bonds. The zero-order valence-corrected chi connectivity index (χ0v) is 10.1. The van der Waals surface area contributed by atoms with Gasteiger partial charge in [-0.05, 0) is 12.1 Å². The first-order valence-corrected chi connectivity index (χ1v) is 5.39. The van der Waals surface area contributed by atoms with Crippen LogP contribution in [0, 0.1) is 0 Å². The lowest BCUT2D eigenvalue weighted by Crippen LogP contribution is -2.48. The highest BCUT2D eigenvalue weighted by molar-refractivity contribution is 6.00. The molecule has 0 aliphatic carbocycles. The zero-order valence-electron chi connectivity index (χ0n) is 10.1. The van der Waals surface area contributed by atoms with Crippen molar-refractivity contribution in [2.45, 2.75) is 6.04 Å². The normalized spacial score (nSPS) is 11.9. The predicted octanol–water partition coefficient (Wildman–Crippen LogP) is 0.0779. The first-order chi connectivity index (χ1) is 8.56. The number of ether oxygens (including phenoxy) is 1. The zero-order chi connectivity index (χ0) is 13.5. The first kappa shape index (κ1) is 14.1. The van der Waals surface area contributed by atoms with Gasteiger partial charge in [0.15, 0.2) is 0 Å². The summed E-state index contributed by atoms with van der Waals surface area (Å²) < 4.78 is 4.80. The van der Waals surface area contributed by atoms with Gasteiger partial charge in [0.1, 0.15) is 12.6 Å². The number of rotatable bonds is 6. The fourth-order valence-corrected chi connectivity index (χ4v) is 1.49. The minimum atomic E-state index is -1.10. The Morgan fingerprint density at radius 2 is 2.00 bits per heavy atom. The highest BCUT2D eigenvalue weighted by Gasteiger charge is 2.24. The fraction of sp³-hybridized carbons (Fsp3) is 0.333. The van der Waals surface area contributed by atoms with E-state index in [2.05, 4.69) is 0 Å². The molecule has 0 saturated heterocycles. The van der Waals surface area contributed by atoms with Crippen LogP contribution < -0.4 is 10.6 Å². The van der Waals surface area contributed by atoms with Crippen molar-refractivity contribution >= 4 is 17.6 Å². The highest BCUT2D eigenvalue weighted by Crippen LogP contribution is 2.14. The standard InChI is InChI=1S/C12H16N2O4/c1-18-8-10(13)12(17)14(7-11(15)16)9-5-3-2-4-6-9/h2-6,10H,7-8,13H2,1H3,(H,15,16). The van der Waals surface area contributed by atoms with Gasteiger partial charge >= 0.3 is 5.97 Å². The number of para-hydroxylation sites is 1. The molecule has 1 aromatic rings. The van der Waals surface area contributed by atoms with Gasteiger partial charge in [-0.3, -0.25) is 14.5 Å². The summed E-state index contributed by atoms with van der Waals surface area (Å²) in [5.41, 5.74) is 6.13. The summed E-state index contributed by atoms with van der Waals surface area (Å²) in [6.45, 7) is -0.387. The topological polar surface area (TPSA) is 92.9 Å². The number of carboxylic acids is 1. The second kappa shape index (κ2) is 6.73. The monoisotopic (exact) mass is 252 g/mol. The molecule has 98 valence electrons. The van der Waals surface area contributed by atoms with Crippen LogP contribution in [0.2, 0.25) is 0 Å². The van der Waals surface area contributed by atoms with Crippen molar-refractivity contribution in [2.75, 3.05) is 25.2 Å². The van der Waals surface area contributed by atoms with Gasteiger partial charge in [0, 0.05) is 12.8 Å². The third-order valence-corrected chi connectivity index (χ3v) is 2.29. The highest BCUT2D eigenvalue weighted by atomic mass is 16.5. The minimum Gasteiger partial charge on any atom is -0.480 e. The maximum absolute atomic E-state index is 12.0. The maximum Gasteiger partial charge on any atom is 0.323 e. The number of hydrogen-bond acceptors (Lipinski definition) is 4. The number of carboxylic acid groups (broad SMARTS) is 1. The molecule has 0 spiro atoms. The predicted molar refractivity (Wildman–Crippen MR) is 66.3 cm³/mol. The molecule has 1 rings (SSSR count). The molecule has 0 bridgehead atoms. The Labute approximate surface area is 105 Å². The van der Waals surface area contributed by atoms with Crippen molar-refractivity contribution in [3.63, 3.8) is 0 Å². The average Bonchev–Trinajstić information content (AvgIpc) is 2.36. The van der Waals surface area contributed by atoms with Crippen LogP contribution in [0.4, 0.5) is 5.69 Å². The van der Waals surface area contributed by atoms with Crippen LogP contribution in [-0.4, -0.2) is 43.3 Å². The molecule has 0 heterocycles. The number of nitrogens with zero attached hydrogens (tertiary/aromatic N) is 1. The van der Waals surface area contributed by atoms with Crippen molar-refractivity contribution < 1.29 is 19.4 Å². The summed E-state index contributed by atoms with van der Waals surface area (Å²) >= 11 is 0. The van der Waals surface area contributed by atoms with Crippen LogP contribution in [0.5, 0.6) is 0 Å². The van der Waals surface area contributed by atoms with Crippen LogP contribution in [0.25, 0.3) is 0 Å². The number of benzene rings is 1. The number of carbonyl (C=O) groups excluding carboxylic acids is 1. The molecule has 18 heavy (non-hydrogen) atoms. The van der Waals surface area contributed by atoms with Crippen molar-refractivity contribution in [2.24, 2.45) is 5.73 Å². The summed E-state index contributed by atoms with van der Waals surface area (Å²) in [4.78, 5) is 24.0. The summed E-state index contributed by atoms with van der Waals surface area (Å²) in [6.07, 6.45) is 0. The van der Waals surface area contributed by atoms with Crippen LogP contribution >= 0.6 is 0 Å². The van der Waals surface area contributed by atoms with E-state index >= 15 is 0 Å². The van der Waals surface area contributed by atoms with Gasteiger partial charge in [0.05, 0.1) is 6.61 Å². The molecule has 1 aromatic carbocycles. The van der Waals surface area contributed by atoms with E-state index in [1.807, 2.05) is 0 Å². The minimum absolute atomic E-state index is 0.0434. The third-order valence-electron chi connectivity index (χ3n) is 2.29. The van der Waals surface area contributed by atoms with Gasteiger partial charge in [0.25, 0.3) is 0 Å². The molecular weight excluding hydrogens is 236 g/mol. The number of carbonyl (C=O) groups is 2. The number of hydrogen-bond donors (Lipinski definition) is 2. The van der Waals surface area contributed by atoms with E-state index in [4.69, 9.17) is 15.6 Å².